The molecule has 0 aromatic heterocycles. The van der Waals surface area contributed by atoms with Gasteiger partial charge in [-0.25, -0.2) is 4.79 Å². The molecule has 0 unspecified atom stereocenters. The molecule has 0 saturated carbocycles. The van der Waals surface area contributed by atoms with Gasteiger partial charge in [0, 0.05) is 19.6 Å². The molecule has 0 atom stereocenters. The van der Waals surface area contributed by atoms with E-state index >= 15 is 0 Å². The number of nitrogens with one attached hydrogen (secondary N) is 1. The van der Waals surface area contributed by atoms with E-state index in [4.69, 9.17) is 5.11 Å². The molecule has 0 fully saturated rings. The van der Waals surface area contributed by atoms with E-state index in [1.807, 2.05) is 13.8 Å². The zero-order chi connectivity index (χ0) is 13.6. The van der Waals surface area contributed by atoms with Crippen LogP contribution in [0.4, 0.5) is 4.79 Å². The molecule has 0 radical (unpaired) electrons. The van der Waals surface area contributed by atoms with Crippen molar-refractivity contribution in [3.8, 4) is 0 Å². The lowest BCUT2D eigenvalue weighted by Crippen LogP contribution is -2.47. The summed E-state index contributed by atoms with van der Waals surface area (Å²) in [6, 6.07) is -0.0176. The van der Waals surface area contributed by atoms with E-state index in [0.717, 1.165) is 12.8 Å². The summed E-state index contributed by atoms with van der Waals surface area (Å²) < 4.78 is 0. The molecular weight excluding hydrogens is 220 g/mol. The van der Waals surface area contributed by atoms with E-state index < -0.39 is 11.4 Å². The zero-order valence-corrected chi connectivity index (χ0v) is 11.4. The number of carbonyl (C=O) groups is 2. The maximum absolute atomic E-state index is 11.8. The second-order valence-electron chi connectivity index (χ2n) is 4.93. The van der Waals surface area contributed by atoms with Crippen molar-refractivity contribution < 1.29 is 14.7 Å². The van der Waals surface area contributed by atoms with Crippen molar-refractivity contribution in [2.45, 2.75) is 46.6 Å². The van der Waals surface area contributed by atoms with Gasteiger partial charge in [0.2, 0.25) is 0 Å². The molecule has 0 spiro atoms. The summed E-state index contributed by atoms with van der Waals surface area (Å²) >= 11 is 0. The van der Waals surface area contributed by atoms with Gasteiger partial charge in [0.05, 0.1) is 5.41 Å². The van der Waals surface area contributed by atoms with Crippen LogP contribution in [-0.4, -0.2) is 41.6 Å². The van der Waals surface area contributed by atoms with E-state index in [0.29, 0.717) is 0 Å². The Kier molecular flexibility index (Phi) is 5.99. The van der Waals surface area contributed by atoms with E-state index in [2.05, 4.69) is 5.32 Å². The quantitative estimate of drug-likeness (QED) is 0.750. The van der Waals surface area contributed by atoms with Crippen LogP contribution in [0.3, 0.4) is 0 Å². The summed E-state index contributed by atoms with van der Waals surface area (Å²) in [5.41, 5.74) is -0.940. The van der Waals surface area contributed by atoms with Crippen molar-refractivity contribution in [3.63, 3.8) is 0 Å². The Hall–Kier alpha value is -1.26. The highest BCUT2D eigenvalue weighted by Gasteiger charge is 2.28. The van der Waals surface area contributed by atoms with Gasteiger partial charge in [-0.1, -0.05) is 13.8 Å². The third-order valence-corrected chi connectivity index (χ3v) is 3.07. The van der Waals surface area contributed by atoms with Gasteiger partial charge in [-0.2, -0.15) is 0 Å². The van der Waals surface area contributed by atoms with E-state index in [1.165, 1.54) is 0 Å². The largest absolute Gasteiger partial charge is 0.481 e. The highest BCUT2D eigenvalue weighted by molar-refractivity contribution is 5.77. The molecule has 5 heteroatoms. The van der Waals surface area contributed by atoms with Gasteiger partial charge >= 0.3 is 12.0 Å². The highest BCUT2D eigenvalue weighted by atomic mass is 16.4. The van der Waals surface area contributed by atoms with Crippen molar-refractivity contribution in [2.24, 2.45) is 5.41 Å². The fourth-order valence-corrected chi connectivity index (χ4v) is 1.50. The van der Waals surface area contributed by atoms with Crippen LogP contribution < -0.4 is 5.32 Å². The minimum atomic E-state index is -0.940. The third-order valence-electron chi connectivity index (χ3n) is 3.07. The number of carbonyl (C=O) groups excluding carboxylic acids is 1. The van der Waals surface area contributed by atoms with Gasteiger partial charge in [0.15, 0.2) is 0 Å². The Morgan fingerprint density at radius 3 is 2.12 bits per heavy atom. The summed E-state index contributed by atoms with van der Waals surface area (Å²) in [4.78, 5) is 24.3. The van der Waals surface area contributed by atoms with Crippen LogP contribution in [0.2, 0.25) is 0 Å². The van der Waals surface area contributed by atoms with Crippen LogP contribution in [0.15, 0.2) is 0 Å². The minimum Gasteiger partial charge on any atom is -0.481 e. The zero-order valence-electron chi connectivity index (χ0n) is 11.4. The second kappa shape index (κ2) is 6.47. The van der Waals surface area contributed by atoms with Crippen LogP contribution >= 0.6 is 0 Å². The molecule has 2 amide bonds. The standard InChI is InChI=1S/C12H24N2O3/c1-6-9(7-2)14(5)11(17)13-8-12(3,4)10(15)16/h9H,6-8H2,1-5H3,(H,13,17)(H,15,16). The molecular formula is C12H24N2O3. The van der Waals surface area contributed by atoms with Gasteiger partial charge in [-0.15, -0.1) is 0 Å². The summed E-state index contributed by atoms with van der Waals surface area (Å²) in [7, 11) is 1.74. The Morgan fingerprint density at radius 1 is 1.29 bits per heavy atom. The fraction of sp³-hybridized carbons (Fsp3) is 0.833. The first-order valence-corrected chi connectivity index (χ1v) is 6.00. The molecule has 100 valence electrons. The number of hydrogen-bond acceptors (Lipinski definition) is 2. The first-order chi connectivity index (χ1) is 7.76. The number of aliphatic carboxylic acids is 1. The van der Waals surface area contributed by atoms with Crippen LogP contribution in [-0.2, 0) is 4.79 Å². The summed E-state index contributed by atoms with van der Waals surface area (Å²) in [6.45, 7) is 7.36. The topological polar surface area (TPSA) is 69.6 Å². The molecule has 5 nitrogen and oxygen atoms in total. The summed E-state index contributed by atoms with van der Waals surface area (Å²) in [5.74, 6) is -0.914. The Bertz CT molecular complexity index is 273. The highest BCUT2D eigenvalue weighted by Crippen LogP contribution is 2.13. The Balaban J connectivity index is 4.32. The Morgan fingerprint density at radius 2 is 1.76 bits per heavy atom. The number of carboxylic acid groups (broad SMARTS) is 1. The van der Waals surface area contributed by atoms with E-state index in [-0.39, 0.29) is 18.6 Å². The molecule has 0 aliphatic heterocycles. The molecule has 0 rings (SSSR count). The predicted molar refractivity (Wildman–Crippen MR) is 66.9 cm³/mol. The maximum atomic E-state index is 11.8. The van der Waals surface area contributed by atoms with Crippen molar-refractivity contribution >= 4 is 12.0 Å². The Labute approximate surface area is 103 Å². The molecule has 0 aromatic rings. The predicted octanol–water partition coefficient (Wildman–Crippen LogP) is 1.93. The van der Waals surface area contributed by atoms with Crippen LogP contribution in [0.1, 0.15) is 40.5 Å². The molecule has 2 N–H and O–H groups in total. The molecule has 0 aliphatic carbocycles. The first kappa shape index (κ1) is 15.7. The van der Waals surface area contributed by atoms with Crippen LogP contribution in [0, 0.1) is 5.41 Å². The maximum Gasteiger partial charge on any atom is 0.317 e. The van der Waals surface area contributed by atoms with E-state index in [1.54, 1.807) is 25.8 Å². The number of urea groups is 1. The number of rotatable bonds is 6. The van der Waals surface area contributed by atoms with Crippen LogP contribution in [0.25, 0.3) is 0 Å². The number of hydrogen-bond donors (Lipinski definition) is 2. The van der Waals surface area contributed by atoms with Gasteiger partial charge in [0.25, 0.3) is 0 Å². The molecule has 0 aromatic carbocycles. The summed E-state index contributed by atoms with van der Waals surface area (Å²) in [6.07, 6.45) is 1.78. The molecule has 17 heavy (non-hydrogen) atoms. The average molecular weight is 244 g/mol. The molecule has 0 saturated heterocycles. The van der Waals surface area contributed by atoms with Gasteiger partial charge in [-0.3, -0.25) is 4.79 Å². The molecule has 0 heterocycles. The van der Waals surface area contributed by atoms with Crippen LogP contribution in [0.5, 0.6) is 0 Å². The monoisotopic (exact) mass is 244 g/mol. The number of nitrogens with zero attached hydrogens (tertiary/aromatic N) is 1. The minimum absolute atomic E-state index is 0.131. The third kappa shape index (κ3) is 4.63. The lowest BCUT2D eigenvalue weighted by atomic mass is 9.94. The van der Waals surface area contributed by atoms with Crippen molar-refractivity contribution in [2.75, 3.05) is 13.6 Å². The number of carboxylic acids is 1. The second-order valence-corrected chi connectivity index (χ2v) is 4.93. The smallest absolute Gasteiger partial charge is 0.317 e. The number of amides is 2. The average Bonchev–Trinajstić information content (AvgIpc) is 2.27. The van der Waals surface area contributed by atoms with Gasteiger partial charge in [0.1, 0.15) is 0 Å². The van der Waals surface area contributed by atoms with Gasteiger partial charge in [-0.05, 0) is 26.7 Å². The molecule has 0 aliphatic rings. The van der Waals surface area contributed by atoms with Crippen molar-refractivity contribution in [1.82, 2.24) is 10.2 Å². The first-order valence-electron chi connectivity index (χ1n) is 6.00. The fourth-order valence-electron chi connectivity index (χ4n) is 1.50. The lowest BCUT2D eigenvalue weighted by Gasteiger charge is -2.28. The van der Waals surface area contributed by atoms with Crippen molar-refractivity contribution in [1.29, 1.82) is 0 Å². The van der Waals surface area contributed by atoms with E-state index in [9.17, 15) is 9.59 Å². The van der Waals surface area contributed by atoms with Gasteiger partial charge < -0.3 is 15.3 Å². The lowest BCUT2D eigenvalue weighted by molar-refractivity contribution is -0.146. The molecule has 0 bridgehead atoms. The SMILES string of the molecule is CCC(CC)N(C)C(=O)NCC(C)(C)C(=O)O. The normalized spacial score (nSPS) is 11.4. The van der Waals surface area contributed by atoms with Crippen molar-refractivity contribution in [3.05, 3.63) is 0 Å². The summed E-state index contributed by atoms with van der Waals surface area (Å²) in [5, 5.41) is 11.6.